The third-order valence-electron chi connectivity index (χ3n) is 2.13. The Morgan fingerprint density at radius 1 is 1.69 bits per heavy atom. The Balaban J connectivity index is 1.91. The molecular weight excluding hydrogens is 186 g/mol. The van der Waals surface area contributed by atoms with Crippen LogP contribution in [0.25, 0.3) is 0 Å². The van der Waals surface area contributed by atoms with E-state index in [4.69, 9.17) is 9.52 Å². The minimum absolute atomic E-state index is 0.253. The smallest absolute Gasteiger partial charge is 0.130 e. The van der Waals surface area contributed by atoms with Crippen LogP contribution in [0.4, 0.5) is 0 Å². The van der Waals surface area contributed by atoms with E-state index in [0.29, 0.717) is 6.04 Å². The highest BCUT2D eigenvalue weighted by Crippen LogP contribution is 2.33. The Kier molecular flexibility index (Phi) is 2.93. The van der Waals surface area contributed by atoms with Gasteiger partial charge in [-0.25, -0.2) is 0 Å². The van der Waals surface area contributed by atoms with Crippen LogP contribution in [-0.4, -0.2) is 23.5 Å². The summed E-state index contributed by atoms with van der Waals surface area (Å²) in [7, 11) is 0. The van der Waals surface area contributed by atoms with E-state index in [0.717, 1.165) is 17.9 Å². The van der Waals surface area contributed by atoms with Gasteiger partial charge in [-0.2, -0.15) is 0 Å². The lowest BCUT2D eigenvalue weighted by Gasteiger charge is -2.09. The molecule has 72 valence electrons. The van der Waals surface area contributed by atoms with Gasteiger partial charge in [-0.1, -0.05) is 0 Å². The van der Waals surface area contributed by atoms with Gasteiger partial charge >= 0.3 is 0 Å². The summed E-state index contributed by atoms with van der Waals surface area (Å²) in [5.41, 5.74) is 0. The van der Waals surface area contributed by atoms with E-state index in [9.17, 15) is 0 Å². The van der Waals surface area contributed by atoms with Crippen LogP contribution in [-0.2, 0) is 0 Å². The topological polar surface area (TPSA) is 45.4 Å². The Hall–Kier alpha value is -0.450. The van der Waals surface area contributed by atoms with Gasteiger partial charge in [0.2, 0.25) is 0 Å². The van der Waals surface area contributed by atoms with Crippen molar-refractivity contribution in [1.29, 1.82) is 0 Å². The first-order valence-corrected chi connectivity index (χ1v) is 5.47. The van der Waals surface area contributed by atoms with E-state index < -0.39 is 0 Å². The first-order valence-electron chi connectivity index (χ1n) is 4.42. The Morgan fingerprint density at radius 3 is 3.31 bits per heavy atom. The number of furan rings is 1. The summed E-state index contributed by atoms with van der Waals surface area (Å²) < 4.78 is 5.30. The van der Waals surface area contributed by atoms with Crippen molar-refractivity contribution >= 4 is 11.8 Å². The molecule has 1 aromatic rings. The lowest BCUT2D eigenvalue weighted by atomic mass is 10.2. The highest BCUT2D eigenvalue weighted by atomic mass is 32.2. The fourth-order valence-electron chi connectivity index (χ4n) is 1.45. The van der Waals surface area contributed by atoms with Crippen molar-refractivity contribution in [3.05, 3.63) is 24.2 Å². The zero-order valence-electron chi connectivity index (χ0n) is 7.27. The molecule has 1 saturated heterocycles. The van der Waals surface area contributed by atoms with Crippen LogP contribution in [0.1, 0.15) is 17.6 Å². The maximum absolute atomic E-state index is 8.77. The second kappa shape index (κ2) is 4.17. The molecule has 1 aromatic heterocycles. The molecule has 0 radical (unpaired) electrons. The second-order valence-electron chi connectivity index (χ2n) is 3.10. The highest BCUT2D eigenvalue weighted by molar-refractivity contribution is 7.99. The first-order chi connectivity index (χ1) is 6.40. The van der Waals surface area contributed by atoms with Crippen LogP contribution in [0, 0.1) is 0 Å². The summed E-state index contributed by atoms with van der Waals surface area (Å²) in [6.45, 7) is 0.253. The summed E-state index contributed by atoms with van der Waals surface area (Å²) >= 11 is 1.83. The van der Waals surface area contributed by atoms with Gasteiger partial charge in [0.1, 0.15) is 11.1 Å². The molecule has 2 N–H and O–H groups in total. The Labute approximate surface area is 81.5 Å². The van der Waals surface area contributed by atoms with E-state index in [-0.39, 0.29) is 12.0 Å². The van der Waals surface area contributed by atoms with Crippen molar-refractivity contribution < 1.29 is 9.52 Å². The molecule has 0 saturated carbocycles. The minimum Gasteiger partial charge on any atom is -0.467 e. The summed E-state index contributed by atoms with van der Waals surface area (Å²) in [4.78, 5) is 0. The average molecular weight is 199 g/mol. The summed E-state index contributed by atoms with van der Waals surface area (Å²) in [6.07, 6.45) is 2.52. The largest absolute Gasteiger partial charge is 0.467 e. The summed E-state index contributed by atoms with van der Waals surface area (Å²) in [5.74, 6) is 2.02. The van der Waals surface area contributed by atoms with Crippen LogP contribution >= 0.6 is 11.8 Å². The van der Waals surface area contributed by atoms with Crippen LogP contribution in [0.15, 0.2) is 22.8 Å². The SMILES string of the molecule is OCCC1CSC(c2ccco2)N1. The zero-order chi connectivity index (χ0) is 9.10. The van der Waals surface area contributed by atoms with E-state index in [1.54, 1.807) is 6.26 Å². The number of rotatable bonds is 3. The van der Waals surface area contributed by atoms with E-state index in [2.05, 4.69) is 5.32 Å². The molecule has 0 bridgehead atoms. The highest BCUT2D eigenvalue weighted by Gasteiger charge is 2.26. The number of hydrogen-bond donors (Lipinski definition) is 2. The molecule has 3 nitrogen and oxygen atoms in total. The van der Waals surface area contributed by atoms with Gasteiger partial charge in [0.25, 0.3) is 0 Å². The fourth-order valence-corrected chi connectivity index (χ4v) is 2.72. The third-order valence-corrected chi connectivity index (χ3v) is 3.43. The van der Waals surface area contributed by atoms with Crippen molar-refractivity contribution in [1.82, 2.24) is 5.32 Å². The first kappa shape index (κ1) is 9.12. The lowest BCUT2D eigenvalue weighted by Crippen LogP contribution is -2.26. The van der Waals surface area contributed by atoms with Crippen molar-refractivity contribution in [2.24, 2.45) is 0 Å². The second-order valence-corrected chi connectivity index (χ2v) is 4.24. The van der Waals surface area contributed by atoms with Gasteiger partial charge in [0.05, 0.1) is 6.26 Å². The van der Waals surface area contributed by atoms with Gasteiger partial charge in [-0.05, 0) is 18.6 Å². The van der Waals surface area contributed by atoms with Gasteiger partial charge in [-0.15, -0.1) is 11.8 Å². The molecule has 1 aliphatic heterocycles. The third kappa shape index (κ3) is 2.07. The molecular formula is C9H13NO2S. The van der Waals surface area contributed by atoms with Crippen LogP contribution in [0.2, 0.25) is 0 Å². The van der Waals surface area contributed by atoms with Crippen molar-refractivity contribution in [2.45, 2.75) is 17.8 Å². The molecule has 0 aromatic carbocycles. The van der Waals surface area contributed by atoms with Crippen LogP contribution in [0.3, 0.4) is 0 Å². The monoisotopic (exact) mass is 199 g/mol. The van der Waals surface area contributed by atoms with Gasteiger partial charge < -0.3 is 9.52 Å². The van der Waals surface area contributed by atoms with Gasteiger partial charge in [-0.3, -0.25) is 5.32 Å². The Morgan fingerprint density at radius 2 is 2.62 bits per heavy atom. The molecule has 1 fully saturated rings. The zero-order valence-corrected chi connectivity index (χ0v) is 8.09. The van der Waals surface area contributed by atoms with E-state index in [1.807, 2.05) is 23.9 Å². The molecule has 1 aliphatic rings. The summed E-state index contributed by atoms with van der Waals surface area (Å²) in [5, 5.41) is 12.4. The van der Waals surface area contributed by atoms with E-state index >= 15 is 0 Å². The molecule has 0 spiro atoms. The normalized spacial score (nSPS) is 28.1. The fraction of sp³-hybridized carbons (Fsp3) is 0.556. The van der Waals surface area contributed by atoms with Crippen molar-refractivity contribution in [3.63, 3.8) is 0 Å². The standard InChI is InChI=1S/C9H13NO2S/c11-4-3-7-6-13-9(10-7)8-2-1-5-12-8/h1-2,5,7,9-11H,3-4,6H2. The number of thioether (sulfide) groups is 1. The van der Waals surface area contributed by atoms with Gasteiger partial charge in [0, 0.05) is 18.4 Å². The number of hydrogen-bond acceptors (Lipinski definition) is 4. The predicted molar refractivity (Wildman–Crippen MR) is 52.5 cm³/mol. The van der Waals surface area contributed by atoms with Crippen molar-refractivity contribution in [3.8, 4) is 0 Å². The molecule has 4 heteroatoms. The van der Waals surface area contributed by atoms with Crippen molar-refractivity contribution in [2.75, 3.05) is 12.4 Å². The molecule has 13 heavy (non-hydrogen) atoms. The maximum atomic E-state index is 8.77. The predicted octanol–water partition coefficient (Wildman–Crippen LogP) is 1.37. The maximum Gasteiger partial charge on any atom is 0.130 e. The van der Waals surface area contributed by atoms with Gasteiger partial charge in [0.15, 0.2) is 0 Å². The Bertz CT molecular complexity index is 250. The molecule has 0 aliphatic carbocycles. The molecule has 2 heterocycles. The van der Waals surface area contributed by atoms with E-state index in [1.165, 1.54) is 0 Å². The van der Waals surface area contributed by atoms with Crippen LogP contribution < -0.4 is 5.32 Å². The quantitative estimate of drug-likeness (QED) is 0.771. The molecule has 2 rings (SSSR count). The molecule has 0 amide bonds. The number of aliphatic hydroxyl groups is 1. The number of aliphatic hydroxyl groups excluding tert-OH is 1. The molecule has 2 unspecified atom stereocenters. The lowest BCUT2D eigenvalue weighted by molar-refractivity contribution is 0.270. The minimum atomic E-state index is 0.253. The molecule has 2 atom stereocenters. The summed E-state index contributed by atoms with van der Waals surface area (Å²) in [6, 6.07) is 4.30. The number of nitrogens with one attached hydrogen (secondary N) is 1. The van der Waals surface area contributed by atoms with Crippen LogP contribution in [0.5, 0.6) is 0 Å². The average Bonchev–Trinajstić information content (AvgIpc) is 2.70.